The van der Waals surface area contributed by atoms with Crippen LogP contribution < -0.4 is 14.9 Å². The summed E-state index contributed by atoms with van der Waals surface area (Å²) in [6.07, 6.45) is 2.55. The molecule has 3 rings (SSSR count). The standard InChI is InChI=1S/C20H16ClFN4O3/c1-28-16-8-7-14(9-17(16)29-19-15(22)12-23-20(21)25-19)11-24-26-18(27)10-13-5-3-2-4-6-13/h2-9,11-12H,10H2,1H3,(H,26,27)/b24-11-. The molecule has 0 saturated heterocycles. The Labute approximate surface area is 171 Å². The zero-order valence-electron chi connectivity index (χ0n) is 15.3. The average molecular weight is 415 g/mol. The summed E-state index contributed by atoms with van der Waals surface area (Å²) < 4.78 is 24.5. The van der Waals surface area contributed by atoms with Crippen LogP contribution in [0.4, 0.5) is 4.39 Å². The third-order valence-corrected chi connectivity index (χ3v) is 3.87. The number of hydrogen-bond acceptors (Lipinski definition) is 6. The van der Waals surface area contributed by atoms with Crippen molar-refractivity contribution < 1.29 is 18.7 Å². The van der Waals surface area contributed by atoms with E-state index < -0.39 is 5.82 Å². The van der Waals surface area contributed by atoms with Crippen LogP contribution in [0.15, 0.2) is 59.8 Å². The second-order valence-electron chi connectivity index (χ2n) is 5.76. The van der Waals surface area contributed by atoms with Gasteiger partial charge in [0.2, 0.25) is 17.0 Å². The Morgan fingerprint density at radius 1 is 1.24 bits per heavy atom. The molecule has 0 unspecified atom stereocenters. The monoisotopic (exact) mass is 414 g/mol. The number of nitrogens with one attached hydrogen (secondary N) is 1. The van der Waals surface area contributed by atoms with Gasteiger partial charge in [0.25, 0.3) is 5.88 Å². The fourth-order valence-corrected chi connectivity index (χ4v) is 2.49. The molecule has 0 fully saturated rings. The molecule has 0 atom stereocenters. The second kappa shape index (κ2) is 9.61. The minimum atomic E-state index is -0.774. The molecule has 3 aromatic rings. The van der Waals surface area contributed by atoms with E-state index in [-0.39, 0.29) is 29.2 Å². The summed E-state index contributed by atoms with van der Waals surface area (Å²) in [4.78, 5) is 19.2. The first kappa shape index (κ1) is 20.2. The Hall–Kier alpha value is -3.52. The van der Waals surface area contributed by atoms with Gasteiger partial charge in [0.15, 0.2) is 11.5 Å². The number of aromatic nitrogens is 2. The summed E-state index contributed by atoms with van der Waals surface area (Å²) in [6.45, 7) is 0. The Balaban J connectivity index is 1.70. The number of hydrogen-bond donors (Lipinski definition) is 1. The van der Waals surface area contributed by atoms with Gasteiger partial charge < -0.3 is 9.47 Å². The van der Waals surface area contributed by atoms with Crippen LogP contribution in [0.3, 0.4) is 0 Å². The van der Waals surface area contributed by atoms with E-state index in [0.717, 1.165) is 11.8 Å². The molecule has 1 amide bonds. The molecule has 0 aliphatic carbocycles. The van der Waals surface area contributed by atoms with Gasteiger partial charge in [-0.3, -0.25) is 4.79 Å². The Bertz CT molecular complexity index is 1030. The molecule has 1 heterocycles. The predicted molar refractivity (Wildman–Crippen MR) is 106 cm³/mol. The van der Waals surface area contributed by atoms with E-state index in [1.807, 2.05) is 30.3 Å². The highest BCUT2D eigenvalue weighted by Gasteiger charge is 2.13. The quantitative estimate of drug-likeness (QED) is 0.361. The van der Waals surface area contributed by atoms with Crippen molar-refractivity contribution in [2.75, 3.05) is 7.11 Å². The number of hydrazone groups is 1. The SMILES string of the molecule is COc1ccc(/C=N\NC(=O)Cc2ccccc2)cc1Oc1nc(Cl)ncc1F. The van der Waals surface area contributed by atoms with Crippen LogP contribution in [0.1, 0.15) is 11.1 Å². The number of halogens is 2. The number of methoxy groups -OCH3 is 1. The number of ether oxygens (including phenoxy) is 2. The predicted octanol–water partition coefficient (Wildman–Crippen LogP) is 3.76. The third-order valence-electron chi connectivity index (χ3n) is 3.69. The van der Waals surface area contributed by atoms with Crippen LogP contribution in [0, 0.1) is 5.82 Å². The summed E-state index contributed by atoms with van der Waals surface area (Å²) in [6, 6.07) is 14.2. The molecule has 148 valence electrons. The van der Waals surface area contributed by atoms with Gasteiger partial charge in [-0.2, -0.15) is 14.5 Å². The van der Waals surface area contributed by atoms with Crippen molar-refractivity contribution in [2.24, 2.45) is 5.10 Å². The molecular weight excluding hydrogens is 399 g/mol. The summed E-state index contributed by atoms with van der Waals surface area (Å²) >= 11 is 5.68. The van der Waals surface area contributed by atoms with Crippen LogP contribution in [-0.2, 0) is 11.2 Å². The fourth-order valence-electron chi connectivity index (χ4n) is 2.36. The van der Waals surface area contributed by atoms with Crippen LogP contribution >= 0.6 is 11.6 Å². The largest absolute Gasteiger partial charge is 0.493 e. The van der Waals surface area contributed by atoms with Crippen molar-refractivity contribution in [3.63, 3.8) is 0 Å². The van der Waals surface area contributed by atoms with Gasteiger partial charge in [0.05, 0.1) is 25.9 Å². The van der Waals surface area contributed by atoms with Crippen molar-refractivity contribution in [1.82, 2.24) is 15.4 Å². The lowest BCUT2D eigenvalue weighted by molar-refractivity contribution is -0.120. The first-order chi connectivity index (χ1) is 14.0. The van der Waals surface area contributed by atoms with Crippen molar-refractivity contribution in [3.8, 4) is 17.4 Å². The van der Waals surface area contributed by atoms with Gasteiger partial charge in [-0.15, -0.1) is 0 Å². The van der Waals surface area contributed by atoms with Gasteiger partial charge in [-0.05, 0) is 40.9 Å². The van der Waals surface area contributed by atoms with Gasteiger partial charge >= 0.3 is 0 Å². The van der Waals surface area contributed by atoms with Gasteiger partial charge in [0.1, 0.15) is 0 Å². The number of carbonyl (C=O) groups excluding carboxylic acids is 1. The average Bonchev–Trinajstić information content (AvgIpc) is 2.72. The van der Waals surface area contributed by atoms with Crippen molar-refractivity contribution in [2.45, 2.75) is 6.42 Å². The first-order valence-electron chi connectivity index (χ1n) is 8.45. The molecule has 0 spiro atoms. The Kier molecular flexibility index (Phi) is 6.70. The van der Waals surface area contributed by atoms with Crippen molar-refractivity contribution >= 4 is 23.7 Å². The number of amides is 1. The molecule has 0 radical (unpaired) electrons. The lowest BCUT2D eigenvalue weighted by Crippen LogP contribution is -2.19. The molecule has 9 heteroatoms. The summed E-state index contributed by atoms with van der Waals surface area (Å²) in [7, 11) is 1.45. The Morgan fingerprint density at radius 3 is 2.79 bits per heavy atom. The van der Waals surface area contributed by atoms with Crippen LogP contribution in [-0.4, -0.2) is 29.2 Å². The van der Waals surface area contributed by atoms with Crippen LogP contribution in [0.5, 0.6) is 17.4 Å². The highest BCUT2D eigenvalue weighted by Crippen LogP contribution is 2.32. The topological polar surface area (TPSA) is 85.7 Å². The highest BCUT2D eigenvalue weighted by molar-refractivity contribution is 6.28. The molecule has 29 heavy (non-hydrogen) atoms. The van der Waals surface area contributed by atoms with Crippen molar-refractivity contribution in [3.05, 3.63) is 77.0 Å². The Morgan fingerprint density at radius 2 is 2.03 bits per heavy atom. The normalized spacial score (nSPS) is 10.7. The lowest BCUT2D eigenvalue weighted by Gasteiger charge is -2.10. The van der Waals surface area contributed by atoms with Crippen LogP contribution in [0.25, 0.3) is 0 Å². The van der Waals surface area contributed by atoms with Crippen molar-refractivity contribution in [1.29, 1.82) is 0 Å². The van der Waals surface area contributed by atoms with E-state index in [0.29, 0.717) is 11.3 Å². The zero-order valence-corrected chi connectivity index (χ0v) is 16.1. The summed E-state index contributed by atoms with van der Waals surface area (Å²) in [5.74, 6) is -0.822. The van der Waals surface area contributed by atoms with E-state index in [1.54, 1.807) is 18.2 Å². The number of benzene rings is 2. The summed E-state index contributed by atoms with van der Waals surface area (Å²) in [5, 5.41) is 3.78. The third kappa shape index (κ3) is 5.73. The van der Waals surface area contributed by atoms with Gasteiger partial charge in [0, 0.05) is 0 Å². The molecule has 2 aromatic carbocycles. The fraction of sp³-hybridized carbons (Fsp3) is 0.100. The van der Waals surface area contributed by atoms with E-state index in [4.69, 9.17) is 21.1 Å². The van der Waals surface area contributed by atoms with E-state index in [1.165, 1.54) is 13.3 Å². The van der Waals surface area contributed by atoms with Crippen LogP contribution in [0.2, 0.25) is 5.28 Å². The molecule has 0 aliphatic rings. The zero-order chi connectivity index (χ0) is 20.6. The molecular formula is C20H16ClFN4O3. The minimum Gasteiger partial charge on any atom is -0.493 e. The van der Waals surface area contributed by atoms with E-state index >= 15 is 0 Å². The molecule has 1 N–H and O–H groups in total. The smallest absolute Gasteiger partial charge is 0.260 e. The van der Waals surface area contributed by atoms with E-state index in [2.05, 4.69) is 20.5 Å². The van der Waals surface area contributed by atoms with Gasteiger partial charge in [-0.1, -0.05) is 30.3 Å². The highest BCUT2D eigenvalue weighted by atomic mass is 35.5. The molecule has 0 aliphatic heterocycles. The molecule has 0 bridgehead atoms. The first-order valence-corrected chi connectivity index (χ1v) is 8.82. The maximum absolute atomic E-state index is 13.8. The maximum atomic E-state index is 13.8. The lowest BCUT2D eigenvalue weighted by atomic mass is 10.1. The molecule has 1 aromatic heterocycles. The van der Waals surface area contributed by atoms with E-state index in [9.17, 15) is 9.18 Å². The molecule has 0 saturated carbocycles. The number of carbonyl (C=O) groups is 1. The van der Waals surface area contributed by atoms with Gasteiger partial charge in [-0.25, -0.2) is 10.4 Å². The second-order valence-corrected chi connectivity index (χ2v) is 6.10. The summed E-state index contributed by atoms with van der Waals surface area (Å²) in [5.41, 5.74) is 3.92. The number of nitrogens with zero attached hydrogens (tertiary/aromatic N) is 3. The minimum absolute atomic E-state index is 0.154. The molecule has 7 nitrogen and oxygen atoms in total. The number of rotatable bonds is 7. The maximum Gasteiger partial charge on any atom is 0.260 e.